The molecule has 3 nitrogen and oxygen atoms in total. The summed E-state index contributed by atoms with van der Waals surface area (Å²) >= 11 is 0. The minimum atomic E-state index is -0.537. The summed E-state index contributed by atoms with van der Waals surface area (Å²) in [7, 11) is 0. The molecule has 1 aromatic rings. The van der Waals surface area contributed by atoms with E-state index in [1.807, 2.05) is 42.2 Å². The van der Waals surface area contributed by atoms with Gasteiger partial charge in [0.15, 0.2) is 0 Å². The maximum atomic E-state index is 13.4. The normalized spacial score (nSPS) is 32.3. The first-order chi connectivity index (χ1) is 10.3. The summed E-state index contributed by atoms with van der Waals surface area (Å²) in [4.78, 5) is 27.8. The van der Waals surface area contributed by atoms with E-state index < -0.39 is 5.41 Å². The van der Waals surface area contributed by atoms with Crippen LogP contribution >= 0.6 is 0 Å². The standard InChI is InChI=1S/C19H25NO2/c1-5-20(14-9-7-6-8-10-14)16(22)19-12-11-18(4,15(21)13-19)17(19,2)3/h6-10H,5,11-13H2,1-4H3/t18-,19-/m0/s1. The molecular formula is C19H25NO2. The molecule has 3 heteroatoms. The highest BCUT2D eigenvalue weighted by Gasteiger charge is 2.73. The molecule has 1 aromatic carbocycles. The topological polar surface area (TPSA) is 37.4 Å². The van der Waals surface area contributed by atoms with Gasteiger partial charge >= 0.3 is 0 Å². The predicted octanol–water partition coefficient (Wildman–Crippen LogP) is 3.83. The summed E-state index contributed by atoms with van der Waals surface area (Å²) in [5, 5.41) is 0. The van der Waals surface area contributed by atoms with Crippen LogP contribution in [-0.4, -0.2) is 18.2 Å². The Morgan fingerprint density at radius 2 is 1.77 bits per heavy atom. The van der Waals surface area contributed by atoms with E-state index in [0.29, 0.717) is 13.0 Å². The largest absolute Gasteiger partial charge is 0.312 e. The molecule has 0 heterocycles. The lowest BCUT2D eigenvalue weighted by molar-refractivity contribution is -0.134. The third-order valence-electron chi connectivity index (χ3n) is 6.74. The minimum absolute atomic E-state index is 0.126. The van der Waals surface area contributed by atoms with E-state index in [1.54, 1.807) is 0 Å². The van der Waals surface area contributed by atoms with Crippen molar-refractivity contribution in [3.05, 3.63) is 30.3 Å². The van der Waals surface area contributed by atoms with Crippen LogP contribution in [0, 0.1) is 16.2 Å². The lowest BCUT2D eigenvalue weighted by Crippen LogP contribution is -2.48. The van der Waals surface area contributed by atoms with Gasteiger partial charge < -0.3 is 4.90 Å². The number of amides is 1. The number of ketones is 1. The number of nitrogens with zero attached hydrogens (tertiary/aromatic N) is 1. The Morgan fingerprint density at radius 1 is 1.14 bits per heavy atom. The monoisotopic (exact) mass is 299 g/mol. The van der Waals surface area contributed by atoms with Crippen molar-refractivity contribution in [3.8, 4) is 0 Å². The molecular weight excluding hydrogens is 274 g/mol. The molecule has 0 N–H and O–H groups in total. The fourth-order valence-electron chi connectivity index (χ4n) is 4.64. The summed E-state index contributed by atoms with van der Waals surface area (Å²) in [6, 6.07) is 9.79. The highest BCUT2D eigenvalue weighted by atomic mass is 16.2. The molecule has 2 aliphatic rings. The third-order valence-corrected chi connectivity index (χ3v) is 6.74. The Hall–Kier alpha value is -1.64. The van der Waals surface area contributed by atoms with Gasteiger partial charge in [-0.05, 0) is 37.3 Å². The van der Waals surface area contributed by atoms with Gasteiger partial charge in [-0.25, -0.2) is 0 Å². The molecule has 0 radical (unpaired) electrons. The van der Waals surface area contributed by atoms with Crippen molar-refractivity contribution in [2.75, 3.05) is 11.4 Å². The van der Waals surface area contributed by atoms with Crippen molar-refractivity contribution in [2.24, 2.45) is 16.2 Å². The molecule has 0 unspecified atom stereocenters. The number of carbonyl (C=O) groups excluding carboxylic acids is 2. The van der Waals surface area contributed by atoms with Gasteiger partial charge in [0.2, 0.25) is 5.91 Å². The number of hydrogen-bond donors (Lipinski definition) is 0. The second-order valence-electron chi connectivity index (χ2n) is 7.52. The van der Waals surface area contributed by atoms with Crippen molar-refractivity contribution >= 4 is 17.4 Å². The lowest BCUT2D eigenvalue weighted by atomic mass is 9.64. The van der Waals surface area contributed by atoms with E-state index in [-0.39, 0.29) is 22.5 Å². The molecule has 1 amide bonds. The molecule has 3 rings (SSSR count). The second-order valence-corrected chi connectivity index (χ2v) is 7.52. The van der Waals surface area contributed by atoms with Crippen molar-refractivity contribution < 1.29 is 9.59 Å². The molecule has 0 aromatic heterocycles. The number of hydrogen-bond acceptors (Lipinski definition) is 2. The van der Waals surface area contributed by atoms with Crippen molar-refractivity contribution in [2.45, 2.75) is 47.0 Å². The Labute approximate surface area is 132 Å². The van der Waals surface area contributed by atoms with Crippen LogP contribution in [0.4, 0.5) is 5.69 Å². The van der Waals surface area contributed by atoms with Crippen LogP contribution in [-0.2, 0) is 9.59 Å². The van der Waals surface area contributed by atoms with Crippen molar-refractivity contribution in [1.82, 2.24) is 0 Å². The van der Waals surface area contributed by atoms with E-state index in [9.17, 15) is 9.59 Å². The molecule has 0 aliphatic heterocycles. The SMILES string of the molecule is CCN(C(=O)[C@]12CC[C@@](C)(C(=O)C1)C2(C)C)c1ccccc1. The van der Waals surface area contributed by atoms with Gasteiger partial charge in [0.25, 0.3) is 0 Å². The molecule has 2 atom stereocenters. The number of rotatable bonds is 3. The predicted molar refractivity (Wildman–Crippen MR) is 87.6 cm³/mol. The Kier molecular flexibility index (Phi) is 3.24. The Bertz CT molecular complexity index is 622. The van der Waals surface area contributed by atoms with Gasteiger partial charge in [0.05, 0.1) is 5.41 Å². The average molecular weight is 299 g/mol. The van der Waals surface area contributed by atoms with Crippen LogP contribution in [0.3, 0.4) is 0 Å². The van der Waals surface area contributed by atoms with Crippen molar-refractivity contribution in [1.29, 1.82) is 0 Å². The van der Waals surface area contributed by atoms with Crippen LogP contribution in [0.5, 0.6) is 0 Å². The lowest BCUT2D eigenvalue weighted by Gasteiger charge is -2.41. The first kappa shape index (κ1) is 15.3. The van der Waals surface area contributed by atoms with E-state index in [4.69, 9.17) is 0 Å². The number of benzene rings is 1. The van der Waals surface area contributed by atoms with E-state index in [2.05, 4.69) is 20.8 Å². The molecule has 22 heavy (non-hydrogen) atoms. The van der Waals surface area contributed by atoms with E-state index in [1.165, 1.54) is 0 Å². The van der Waals surface area contributed by atoms with Crippen LogP contribution in [0.15, 0.2) is 30.3 Å². The third kappa shape index (κ3) is 1.62. The van der Waals surface area contributed by atoms with E-state index in [0.717, 1.165) is 18.5 Å². The minimum Gasteiger partial charge on any atom is -0.312 e. The van der Waals surface area contributed by atoms with Crippen LogP contribution in [0.2, 0.25) is 0 Å². The zero-order chi connectivity index (χ0) is 16.2. The zero-order valence-electron chi connectivity index (χ0n) is 14.0. The van der Waals surface area contributed by atoms with Gasteiger partial charge in [0, 0.05) is 24.1 Å². The molecule has 118 valence electrons. The quantitative estimate of drug-likeness (QED) is 0.850. The summed E-state index contributed by atoms with van der Waals surface area (Å²) < 4.78 is 0. The first-order valence-electron chi connectivity index (χ1n) is 8.20. The number of anilines is 1. The van der Waals surface area contributed by atoms with Crippen LogP contribution in [0.1, 0.15) is 47.0 Å². The summed E-state index contributed by atoms with van der Waals surface area (Å²) in [6.07, 6.45) is 2.06. The van der Waals surface area contributed by atoms with E-state index >= 15 is 0 Å². The molecule has 2 aliphatic carbocycles. The number of carbonyl (C=O) groups is 2. The summed E-state index contributed by atoms with van der Waals surface area (Å²) in [5.41, 5.74) is -0.243. The maximum absolute atomic E-state index is 13.4. The number of Topliss-reactive ketones (excluding diaryl/α,β-unsaturated/α-hetero) is 1. The number of fused-ring (bicyclic) bond motifs is 2. The van der Waals surface area contributed by atoms with Crippen molar-refractivity contribution in [3.63, 3.8) is 0 Å². The zero-order valence-corrected chi connectivity index (χ0v) is 14.0. The Morgan fingerprint density at radius 3 is 2.23 bits per heavy atom. The molecule has 0 saturated heterocycles. The highest BCUT2D eigenvalue weighted by Crippen LogP contribution is 2.71. The summed E-state index contributed by atoms with van der Waals surface area (Å²) in [6.45, 7) is 8.91. The second kappa shape index (κ2) is 4.68. The van der Waals surface area contributed by atoms with Gasteiger partial charge in [-0.15, -0.1) is 0 Å². The van der Waals surface area contributed by atoms with Crippen LogP contribution < -0.4 is 4.90 Å². The molecule has 2 bridgehead atoms. The smallest absolute Gasteiger partial charge is 0.234 e. The number of para-hydroxylation sites is 1. The van der Waals surface area contributed by atoms with Gasteiger partial charge in [-0.1, -0.05) is 39.0 Å². The fourth-order valence-corrected chi connectivity index (χ4v) is 4.64. The van der Waals surface area contributed by atoms with Gasteiger partial charge in [-0.3, -0.25) is 9.59 Å². The molecule has 2 saturated carbocycles. The fraction of sp³-hybridized carbons (Fsp3) is 0.579. The molecule has 2 fully saturated rings. The van der Waals surface area contributed by atoms with Crippen LogP contribution in [0.25, 0.3) is 0 Å². The highest BCUT2D eigenvalue weighted by molar-refractivity contribution is 6.05. The Balaban J connectivity index is 2.03. The average Bonchev–Trinajstić information content (AvgIpc) is 2.79. The maximum Gasteiger partial charge on any atom is 0.234 e. The molecule has 0 spiro atoms. The first-order valence-corrected chi connectivity index (χ1v) is 8.20. The summed E-state index contributed by atoms with van der Waals surface area (Å²) in [5.74, 6) is 0.391. The van der Waals surface area contributed by atoms with Gasteiger partial charge in [-0.2, -0.15) is 0 Å². The van der Waals surface area contributed by atoms with Gasteiger partial charge in [0.1, 0.15) is 5.78 Å².